The van der Waals surface area contributed by atoms with E-state index < -0.39 is 37.8 Å². The van der Waals surface area contributed by atoms with Gasteiger partial charge in [-0.3, -0.25) is 4.79 Å². The monoisotopic (exact) mass is 318 g/mol. The van der Waals surface area contributed by atoms with Gasteiger partial charge in [0, 0.05) is 0 Å². The molecule has 19 heavy (non-hydrogen) atoms. The molecule has 0 aromatic carbocycles. The summed E-state index contributed by atoms with van der Waals surface area (Å²) in [6.07, 6.45) is 0. The highest BCUT2D eigenvalue weighted by Gasteiger charge is 2.26. The van der Waals surface area contributed by atoms with Gasteiger partial charge in [0.15, 0.2) is 0 Å². The molecule has 0 heterocycles. The first-order valence-corrected chi connectivity index (χ1v) is 7.56. The molecule has 0 atom stereocenters. The van der Waals surface area contributed by atoms with Gasteiger partial charge in [0.2, 0.25) is 0 Å². The van der Waals surface area contributed by atoms with E-state index in [1.165, 1.54) is 11.5 Å². The molecule has 8 heteroatoms. The Morgan fingerprint density at radius 1 is 1.00 bits per heavy atom. The minimum atomic E-state index is -1.11. The fraction of sp³-hybridized carbons (Fsp3) is 0.909. The number of carbonyl (C=O) groups is 1. The molecule has 0 saturated carbocycles. The van der Waals surface area contributed by atoms with Gasteiger partial charge in [0.05, 0.1) is 37.6 Å². The molecule has 0 aliphatic carbocycles. The Morgan fingerprint density at radius 3 is 1.26 bits per heavy atom. The van der Waals surface area contributed by atoms with Crippen LogP contribution in [-0.4, -0.2) is 75.2 Å². The molecule has 0 unspecified atom stereocenters. The Morgan fingerprint density at radius 2 is 1.26 bits per heavy atom. The van der Waals surface area contributed by atoms with Gasteiger partial charge in [-0.25, -0.2) is 0 Å². The van der Waals surface area contributed by atoms with E-state index in [2.05, 4.69) is 26.5 Å². The molecule has 0 radical (unpaired) electrons. The zero-order valence-electron chi connectivity index (χ0n) is 11.4. The molecule has 0 saturated heterocycles. The van der Waals surface area contributed by atoms with Gasteiger partial charge < -0.3 is 25.5 Å². The Hall–Kier alpha value is 0.01000. The van der Waals surface area contributed by atoms with Gasteiger partial charge >= 0.3 is 5.97 Å². The first-order valence-electron chi connectivity index (χ1n) is 5.77. The number of thiol groups is 1. The maximum absolute atomic E-state index is 9.29. The van der Waals surface area contributed by atoms with Crippen molar-refractivity contribution in [3.63, 3.8) is 0 Å². The summed E-state index contributed by atoms with van der Waals surface area (Å²) in [5.41, 5.74) is -1.11. The van der Waals surface area contributed by atoms with Crippen LogP contribution >= 0.6 is 24.4 Å². The molecule has 0 aliphatic rings. The van der Waals surface area contributed by atoms with Crippen molar-refractivity contribution in [2.75, 3.05) is 43.7 Å². The zero-order valence-corrected chi connectivity index (χ0v) is 13.2. The normalized spacial score (nSPS) is 9.84. The standard InChI is InChI=1S/C5H12O4.C4H10S.C2H4O2S/c6-1-5(2-7,3-8)4-9;1-3-5-4-2;3-2(4)1-5/h6-9H,1-4H2;3-4H2,1-2H3;5H,1H2,(H,3,4). The van der Waals surface area contributed by atoms with E-state index in [1.54, 1.807) is 0 Å². The second kappa shape index (κ2) is 18.0. The molecule has 0 amide bonds. The lowest BCUT2D eigenvalue weighted by Crippen LogP contribution is -2.37. The average Bonchev–Trinajstić information content (AvgIpc) is 2.44. The maximum Gasteiger partial charge on any atom is 0.313 e. The largest absolute Gasteiger partial charge is 0.481 e. The van der Waals surface area contributed by atoms with Gasteiger partial charge in [-0.2, -0.15) is 24.4 Å². The van der Waals surface area contributed by atoms with Crippen molar-refractivity contribution < 1.29 is 30.3 Å². The molecular weight excluding hydrogens is 292 g/mol. The molecule has 0 fully saturated rings. The minimum absolute atomic E-state index is 0.0833. The predicted octanol–water partition coefficient (Wildman–Crippen LogP) is -0.298. The van der Waals surface area contributed by atoms with Crippen LogP contribution in [0.2, 0.25) is 0 Å². The first-order chi connectivity index (χ1) is 8.93. The van der Waals surface area contributed by atoms with Crippen molar-refractivity contribution in [3.8, 4) is 0 Å². The summed E-state index contributed by atoms with van der Waals surface area (Å²) in [6, 6.07) is 0. The van der Waals surface area contributed by atoms with Crippen LogP contribution < -0.4 is 0 Å². The van der Waals surface area contributed by atoms with Crippen LogP contribution in [0.5, 0.6) is 0 Å². The number of thioether (sulfide) groups is 1. The summed E-state index contributed by atoms with van der Waals surface area (Å²) in [5.74, 6) is 1.56. The maximum atomic E-state index is 9.29. The van der Waals surface area contributed by atoms with Crippen molar-refractivity contribution in [1.82, 2.24) is 0 Å². The zero-order chi connectivity index (χ0) is 15.7. The number of rotatable bonds is 7. The van der Waals surface area contributed by atoms with Crippen molar-refractivity contribution in [1.29, 1.82) is 0 Å². The van der Waals surface area contributed by atoms with Gasteiger partial charge in [0.1, 0.15) is 0 Å². The third-order valence-corrected chi connectivity index (χ3v) is 2.97. The van der Waals surface area contributed by atoms with E-state index in [4.69, 9.17) is 25.5 Å². The van der Waals surface area contributed by atoms with Crippen molar-refractivity contribution in [2.45, 2.75) is 13.8 Å². The predicted molar refractivity (Wildman–Crippen MR) is 80.9 cm³/mol. The molecule has 6 nitrogen and oxygen atoms in total. The summed E-state index contributed by atoms with van der Waals surface area (Å²) in [6.45, 7) is 2.72. The SMILES string of the molecule is CCSCC.O=C(O)CS.OCC(CO)(CO)CO. The third kappa shape index (κ3) is 18.0. The van der Waals surface area contributed by atoms with E-state index in [0.717, 1.165) is 0 Å². The summed E-state index contributed by atoms with van der Waals surface area (Å²) < 4.78 is 0. The number of hydrogen-bond donors (Lipinski definition) is 6. The van der Waals surface area contributed by atoms with E-state index in [0.29, 0.717) is 0 Å². The first kappa shape index (κ1) is 24.1. The van der Waals surface area contributed by atoms with Crippen LogP contribution in [0.4, 0.5) is 0 Å². The molecule has 0 bridgehead atoms. The highest BCUT2D eigenvalue weighted by molar-refractivity contribution is 7.99. The highest BCUT2D eigenvalue weighted by atomic mass is 32.2. The lowest BCUT2D eigenvalue weighted by molar-refractivity contribution is -0.133. The van der Waals surface area contributed by atoms with Crippen LogP contribution in [0.1, 0.15) is 13.8 Å². The fourth-order valence-electron chi connectivity index (χ4n) is 0.504. The number of hydrogen-bond acceptors (Lipinski definition) is 7. The fourth-order valence-corrected chi connectivity index (χ4v) is 0.912. The number of carboxylic acid groups (broad SMARTS) is 1. The summed E-state index contributed by atoms with van der Waals surface area (Å²) in [5, 5.41) is 41.6. The molecule has 0 spiro atoms. The highest BCUT2D eigenvalue weighted by Crippen LogP contribution is 2.11. The van der Waals surface area contributed by atoms with Crippen molar-refractivity contribution >= 4 is 30.4 Å². The number of carboxylic acids is 1. The van der Waals surface area contributed by atoms with Gasteiger partial charge in [-0.15, -0.1) is 0 Å². The topological polar surface area (TPSA) is 118 Å². The number of aliphatic hydroxyl groups is 4. The van der Waals surface area contributed by atoms with E-state index in [9.17, 15) is 4.79 Å². The second-order valence-electron chi connectivity index (χ2n) is 3.47. The minimum Gasteiger partial charge on any atom is -0.481 e. The average molecular weight is 318 g/mol. The van der Waals surface area contributed by atoms with Crippen LogP contribution in [0.15, 0.2) is 0 Å². The Labute approximate surface area is 124 Å². The Balaban J connectivity index is -0.000000219. The quantitative estimate of drug-likeness (QED) is 0.357. The van der Waals surface area contributed by atoms with Crippen molar-refractivity contribution in [2.24, 2.45) is 5.41 Å². The second-order valence-corrected chi connectivity index (χ2v) is 5.34. The number of aliphatic carboxylic acids is 1. The molecule has 0 rings (SSSR count). The van der Waals surface area contributed by atoms with E-state index in [-0.39, 0.29) is 5.75 Å². The molecule has 0 aromatic heterocycles. The molecule has 0 aromatic rings. The van der Waals surface area contributed by atoms with E-state index >= 15 is 0 Å². The number of aliphatic hydroxyl groups excluding tert-OH is 4. The third-order valence-electron chi connectivity index (χ3n) is 1.89. The summed E-state index contributed by atoms with van der Waals surface area (Å²) >= 11 is 5.38. The van der Waals surface area contributed by atoms with Gasteiger partial charge in [-0.1, -0.05) is 13.8 Å². The Bertz CT molecular complexity index is 169. The molecule has 118 valence electrons. The lowest BCUT2D eigenvalue weighted by Gasteiger charge is -2.23. The summed E-state index contributed by atoms with van der Waals surface area (Å²) in [7, 11) is 0. The molecule has 0 aliphatic heterocycles. The Kier molecular flexibility index (Phi) is 22.8. The smallest absolute Gasteiger partial charge is 0.313 e. The molecule has 5 N–H and O–H groups in total. The van der Waals surface area contributed by atoms with Crippen LogP contribution in [-0.2, 0) is 4.79 Å². The van der Waals surface area contributed by atoms with E-state index in [1.807, 2.05) is 11.8 Å². The molecular formula is C11H26O6S2. The van der Waals surface area contributed by atoms with Crippen LogP contribution in [0.25, 0.3) is 0 Å². The van der Waals surface area contributed by atoms with Gasteiger partial charge in [0.25, 0.3) is 0 Å². The van der Waals surface area contributed by atoms with Crippen molar-refractivity contribution in [3.05, 3.63) is 0 Å². The lowest BCUT2D eigenvalue weighted by atomic mass is 9.93. The summed E-state index contributed by atoms with van der Waals surface area (Å²) in [4.78, 5) is 9.29. The van der Waals surface area contributed by atoms with Gasteiger partial charge in [-0.05, 0) is 11.5 Å². The van der Waals surface area contributed by atoms with Crippen LogP contribution in [0.3, 0.4) is 0 Å². The van der Waals surface area contributed by atoms with Crippen LogP contribution in [0, 0.1) is 5.41 Å².